The molecule has 102 valence electrons. The molecule has 4 nitrogen and oxygen atoms in total. The number of halogens is 1. The monoisotopic (exact) mass is 288 g/mol. The largest absolute Gasteiger partial charge is 0.437 e. The SMILES string of the molecule is Cc1cc(Cl)ccc1Oc1nc2ccccn2c1CO. The molecule has 0 saturated heterocycles. The van der Waals surface area contributed by atoms with Crippen molar-refractivity contribution >= 4 is 17.2 Å². The third-order valence-electron chi connectivity index (χ3n) is 3.09. The zero-order valence-electron chi connectivity index (χ0n) is 10.9. The molecule has 0 atom stereocenters. The Hall–Kier alpha value is -2.04. The average Bonchev–Trinajstić information content (AvgIpc) is 2.79. The van der Waals surface area contributed by atoms with Crippen molar-refractivity contribution in [2.45, 2.75) is 13.5 Å². The highest BCUT2D eigenvalue weighted by Gasteiger charge is 2.14. The number of aliphatic hydroxyl groups excluding tert-OH is 1. The Labute approximate surface area is 121 Å². The Bertz CT molecular complexity index is 768. The van der Waals surface area contributed by atoms with Gasteiger partial charge in [-0.1, -0.05) is 17.7 Å². The highest BCUT2D eigenvalue weighted by atomic mass is 35.5. The van der Waals surface area contributed by atoms with Crippen molar-refractivity contribution in [3.8, 4) is 11.6 Å². The minimum atomic E-state index is -0.146. The van der Waals surface area contributed by atoms with Crippen LogP contribution in [0.15, 0.2) is 42.6 Å². The summed E-state index contributed by atoms with van der Waals surface area (Å²) in [5, 5.41) is 10.2. The summed E-state index contributed by atoms with van der Waals surface area (Å²) in [6.07, 6.45) is 1.84. The maximum atomic E-state index is 9.53. The second kappa shape index (κ2) is 5.15. The Morgan fingerprint density at radius 2 is 2.15 bits per heavy atom. The summed E-state index contributed by atoms with van der Waals surface area (Å²) in [4.78, 5) is 4.39. The van der Waals surface area contributed by atoms with Gasteiger partial charge in [0.1, 0.15) is 17.1 Å². The molecule has 0 spiro atoms. The van der Waals surface area contributed by atoms with Gasteiger partial charge in [-0.25, -0.2) is 0 Å². The van der Waals surface area contributed by atoms with E-state index in [1.54, 1.807) is 16.5 Å². The topological polar surface area (TPSA) is 46.8 Å². The number of hydrogen-bond donors (Lipinski definition) is 1. The first-order valence-corrected chi connectivity index (χ1v) is 6.57. The highest BCUT2D eigenvalue weighted by molar-refractivity contribution is 6.30. The summed E-state index contributed by atoms with van der Waals surface area (Å²) in [5.41, 5.74) is 2.27. The molecule has 0 saturated carbocycles. The molecule has 0 amide bonds. The van der Waals surface area contributed by atoms with Crippen molar-refractivity contribution in [3.63, 3.8) is 0 Å². The Morgan fingerprint density at radius 1 is 1.30 bits per heavy atom. The van der Waals surface area contributed by atoms with Gasteiger partial charge in [0.15, 0.2) is 0 Å². The summed E-state index contributed by atoms with van der Waals surface area (Å²) in [6, 6.07) is 11.0. The number of rotatable bonds is 3. The molecule has 3 rings (SSSR count). The van der Waals surface area contributed by atoms with Gasteiger partial charge >= 0.3 is 0 Å². The lowest BCUT2D eigenvalue weighted by molar-refractivity contribution is 0.269. The van der Waals surface area contributed by atoms with Crippen LogP contribution in [0, 0.1) is 6.92 Å². The normalized spacial score (nSPS) is 10.9. The van der Waals surface area contributed by atoms with Crippen LogP contribution in [0.3, 0.4) is 0 Å². The van der Waals surface area contributed by atoms with Gasteiger partial charge in [-0.2, -0.15) is 4.98 Å². The predicted molar refractivity (Wildman–Crippen MR) is 77.4 cm³/mol. The summed E-state index contributed by atoms with van der Waals surface area (Å²) < 4.78 is 7.63. The van der Waals surface area contributed by atoms with Gasteiger partial charge in [0.25, 0.3) is 0 Å². The fraction of sp³-hybridized carbons (Fsp3) is 0.133. The zero-order chi connectivity index (χ0) is 14.1. The van der Waals surface area contributed by atoms with Gasteiger partial charge in [-0.05, 0) is 42.8 Å². The zero-order valence-corrected chi connectivity index (χ0v) is 11.6. The molecule has 0 bridgehead atoms. The maximum Gasteiger partial charge on any atom is 0.243 e. The minimum Gasteiger partial charge on any atom is -0.437 e. The lowest BCUT2D eigenvalue weighted by Gasteiger charge is -2.07. The first-order valence-electron chi connectivity index (χ1n) is 6.20. The summed E-state index contributed by atoms with van der Waals surface area (Å²) in [5.74, 6) is 1.08. The third kappa shape index (κ3) is 2.24. The quantitative estimate of drug-likeness (QED) is 0.801. The molecule has 20 heavy (non-hydrogen) atoms. The first-order chi connectivity index (χ1) is 9.69. The molecule has 0 aliphatic heterocycles. The van der Waals surface area contributed by atoms with E-state index in [0.717, 1.165) is 11.2 Å². The number of aliphatic hydroxyl groups is 1. The summed E-state index contributed by atoms with van der Waals surface area (Å²) >= 11 is 5.93. The average molecular weight is 289 g/mol. The van der Waals surface area contributed by atoms with E-state index in [1.807, 2.05) is 37.4 Å². The maximum absolute atomic E-state index is 9.53. The number of nitrogens with zero attached hydrogens (tertiary/aromatic N) is 2. The summed E-state index contributed by atoms with van der Waals surface area (Å²) in [7, 11) is 0. The number of hydrogen-bond acceptors (Lipinski definition) is 3. The van der Waals surface area contributed by atoms with E-state index in [9.17, 15) is 5.11 Å². The predicted octanol–water partition coefficient (Wildman–Crippen LogP) is 3.58. The molecule has 1 N–H and O–H groups in total. The lowest BCUT2D eigenvalue weighted by Crippen LogP contribution is -1.95. The summed E-state index contributed by atoms with van der Waals surface area (Å²) in [6.45, 7) is 1.77. The third-order valence-corrected chi connectivity index (χ3v) is 3.32. The van der Waals surface area contributed by atoms with E-state index in [2.05, 4.69) is 4.98 Å². The number of aryl methyl sites for hydroxylation is 1. The number of aromatic nitrogens is 2. The van der Waals surface area contributed by atoms with Crippen LogP contribution in [0.4, 0.5) is 0 Å². The molecule has 0 aliphatic rings. The fourth-order valence-corrected chi connectivity index (χ4v) is 2.31. The Kier molecular flexibility index (Phi) is 3.34. The van der Waals surface area contributed by atoms with Gasteiger partial charge in [0, 0.05) is 11.2 Å². The van der Waals surface area contributed by atoms with Gasteiger partial charge in [-0.3, -0.25) is 4.40 Å². The van der Waals surface area contributed by atoms with E-state index in [0.29, 0.717) is 22.3 Å². The van der Waals surface area contributed by atoms with Gasteiger partial charge in [0.2, 0.25) is 5.88 Å². The molecule has 2 heterocycles. The van der Waals surface area contributed by atoms with Crippen LogP contribution in [0.2, 0.25) is 5.02 Å². The molecular formula is C15H13ClN2O2. The van der Waals surface area contributed by atoms with Crippen LogP contribution in [0.1, 0.15) is 11.3 Å². The van der Waals surface area contributed by atoms with Gasteiger partial charge in [0.05, 0.1) is 6.61 Å². The van der Waals surface area contributed by atoms with E-state index in [4.69, 9.17) is 16.3 Å². The Balaban J connectivity index is 2.06. The number of imidazole rings is 1. The van der Waals surface area contributed by atoms with Crippen molar-refractivity contribution in [3.05, 3.63) is 58.9 Å². The molecule has 5 heteroatoms. The van der Waals surface area contributed by atoms with Crippen molar-refractivity contribution < 1.29 is 9.84 Å². The lowest BCUT2D eigenvalue weighted by atomic mass is 10.2. The van der Waals surface area contributed by atoms with E-state index < -0.39 is 0 Å². The van der Waals surface area contributed by atoms with E-state index >= 15 is 0 Å². The van der Waals surface area contributed by atoms with E-state index in [-0.39, 0.29) is 6.61 Å². The van der Waals surface area contributed by atoms with Crippen molar-refractivity contribution in [1.82, 2.24) is 9.38 Å². The molecule has 0 fully saturated rings. The second-order valence-corrected chi connectivity index (χ2v) is 4.90. The molecule has 2 aromatic heterocycles. The van der Waals surface area contributed by atoms with Crippen LogP contribution in [0.5, 0.6) is 11.6 Å². The number of ether oxygens (including phenoxy) is 1. The van der Waals surface area contributed by atoms with Gasteiger partial charge in [-0.15, -0.1) is 0 Å². The molecular weight excluding hydrogens is 276 g/mol. The smallest absolute Gasteiger partial charge is 0.243 e. The molecule has 1 aromatic carbocycles. The van der Waals surface area contributed by atoms with Crippen molar-refractivity contribution in [2.24, 2.45) is 0 Å². The van der Waals surface area contributed by atoms with Crippen LogP contribution >= 0.6 is 11.6 Å². The standard InChI is InChI=1S/C15H13ClN2O2/c1-10-8-11(16)5-6-13(10)20-15-12(9-19)18-7-3-2-4-14(18)17-15/h2-8,19H,9H2,1H3. The van der Waals surface area contributed by atoms with Crippen LogP contribution in [0.25, 0.3) is 5.65 Å². The highest BCUT2D eigenvalue weighted by Crippen LogP contribution is 2.29. The minimum absolute atomic E-state index is 0.146. The molecule has 0 radical (unpaired) electrons. The van der Waals surface area contributed by atoms with Crippen LogP contribution < -0.4 is 4.74 Å². The van der Waals surface area contributed by atoms with E-state index in [1.165, 1.54) is 0 Å². The molecule has 3 aromatic rings. The number of fused-ring (bicyclic) bond motifs is 1. The van der Waals surface area contributed by atoms with Crippen LogP contribution in [-0.4, -0.2) is 14.5 Å². The number of pyridine rings is 1. The number of benzene rings is 1. The van der Waals surface area contributed by atoms with Crippen LogP contribution in [-0.2, 0) is 6.61 Å². The second-order valence-electron chi connectivity index (χ2n) is 4.46. The van der Waals surface area contributed by atoms with Crippen molar-refractivity contribution in [2.75, 3.05) is 0 Å². The fourth-order valence-electron chi connectivity index (χ4n) is 2.08. The molecule has 0 aliphatic carbocycles. The first kappa shape index (κ1) is 13.0. The molecule has 0 unspecified atom stereocenters. The van der Waals surface area contributed by atoms with Gasteiger partial charge < -0.3 is 9.84 Å². The van der Waals surface area contributed by atoms with Crippen molar-refractivity contribution in [1.29, 1.82) is 0 Å². The Morgan fingerprint density at radius 3 is 2.90 bits per heavy atom.